The van der Waals surface area contributed by atoms with Gasteiger partial charge in [-0.3, -0.25) is 9.59 Å². The molecule has 0 amide bonds. The quantitative estimate of drug-likeness (QED) is 0.387. The molecule has 3 saturated carbocycles. The van der Waals surface area contributed by atoms with E-state index in [2.05, 4.69) is 6.58 Å². The van der Waals surface area contributed by atoms with Gasteiger partial charge in [0.2, 0.25) is 0 Å². The Morgan fingerprint density at radius 2 is 1.90 bits per heavy atom. The molecule has 0 unspecified atom stereocenters. The van der Waals surface area contributed by atoms with Gasteiger partial charge in [-0.25, -0.2) is 4.79 Å². The zero-order valence-corrected chi connectivity index (χ0v) is 18.6. The molecule has 4 fully saturated rings. The van der Waals surface area contributed by atoms with Crippen molar-refractivity contribution in [3.05, 3.63) is 12.2 Å². The molecule has 0 aromatic carbocycles. The van der Waals surface area contributed by atoms with Crippen LogP contribution in [0.1, 0.15) is 46.5 Å². The second-order valence-electron chi connectivity index (χ2n) is 10.5. The molecular weight excluding hydrogens is 404 g/mol. The molecular formula is C23H32O8. The highest BCUT2D eigenvalue weighted by Crippen LogP contribution is 2.74. The number of esters is 3. The van der Waals surface area contributed by atoms with Crippen LogP contribution in [0.25, 0.3) is 0 Å². The maximum absolute atomic E-state index is 13.3. The minimum atomic E-state index is -1.40. The van der Waals surface area contributed by atoms with Crippen LogP contribution in [-0.2, 0) is 28.6 Å². The van der Waals surface area contributed by atoms with Crippen molar-refractivity contribution < 1.29 is 38.8 Å². The van der Waals surface area contributed by atoms with Gasteiger partial charge in [0.25, 0.3) is 0 Å². The number of aliphatic hydroxyl groups is 2. The van der Waals surface area contributed by atoms with Crippen molar-refractivity contribution in [1.82, 2.24) is 0 Å². The van der Waals surface area contributed by atoms with E-state index in [0.29, 0.717) is 12.8 Å². The molecule has 2 N–H and O–H groups in total. The molecule has 1 saturated heterocycles. The highest BCUT2D eigenvalue weighted by molar-refractivity contribution is 5.89. The second-order valence-corrected chi connectivity index (χ2v) is 10.5. The first-order chi connectivity index (χ1) is 14.4. The van der Waals surface area contributed by atoms with Gasteiger partial charge < -0.3 is 24.4 Å². The van der Waals surface area contributed by atoms with Gasteiger partial charge in [0.1, 0.15) is 18.1 Å². The lowest BCUT2D eigenvalue weighted by molar-refractivity contribution is -0.229. The number of cyclic esters (lactones) is 1. The Bertz CT molecular complexity index is 833. The van der Waals surface area contributed by atoms with Gasteiger partial charge in [0, 0.05) is 24.3 Å². The maximum atomic E-state index is 13.3. The normalized spacial score (nSPS) is 45.0. The van der Waals surface area contributed by atoms with E-state index in [4.69, 9.17) is 14.2 Å². The highest BCUT2D eigenvalue weighted by atomic mass is 16.6. The van der Waals surface area contributed by atoms with Gasteiger partial charge in [0.15, 0.2) is 0 Å². The van der Waals surface area contributed by atoms with Crippen LogP contribution in [0.4, 0.5) is 0 Å². The summed E-state index contributed by atoms with van der Waals surface area (Å²) in [6, 6.07) is 0. The van der Waals surface area contributed by atoms with Crippen molar-refractivity contribution >= 4 is 17.9 Å². The first-order valence-electron chi connectivity index (χ1n) is 10.9. The predicted molar refractivity (Wildman–Crippen MR) is 107 cm³/mol. The number of ether oxygens (including phenoxy) is 3. The third kappa shape index (κ3) is 2.76. The molecule has 3 aliphatic carbocycles. The van der Waals surface area contributed by atoms with E-state index in [-0.39, 0.29) is 30.4 Å². The topological polar surface area (TPSA) is 119 Å². The number of rotatable bonds is 3. The smallest absolute Gasteiger partial charge is 0.333 e. The number of hydrogen-bond donors (Lipinski definition) is 2. The molecule has 172 valence electrons. The van der Waals surface area contributed by atoms with Gasteiger partial charge in [0.05, 0.1) is 24.7 Å². The fourth-order valence-electron chi connectivity index (χ4n) is 7.66. The molecule has 31 heavy (non-hydrogen) atoms. The van der Waals surface area contributed by atoms with Crippen molar-refractivity contribution in [3.8, 4) is 0 Å². The van der Waals surface area contributed by atoms with Crippen LogP contribution in [0.2, 0.25) is 0 Å². The number of aliphatic hydroxyl groups excluding tert-OH is 2. The van der Waals surface area contributed by atoms with E-state index in [1.165, 1.54) is 14.0 Å². The Labute approximate surface area is 181 Å². The van der Waals surface area contributed by atoms with Crippen molar-refractivity contribution in [2.45, 2.75) is 64.8 Å². The lowest BCUT2D eigenvalue weighted by Gasteiger charge is -2.58. The van der Waals surface area contributed by atoms with Crippen LogP contribution in [0.15, 0.2) is 12.2 Å². The molecule has 4 aliphatic rings. The molecule has 4 rings (SSSR count). The van der Waals surface area contributed by atoms with Crippen molar-refractivity contribution in [3.63, 3.8) is 0 Å². The summed E-state index contributed by atoms with van der Waals surface area (Å²) in [6.45, 7) is 9.24. The van der Waals surface area contributed by atoms with Crippen molar-refractivity contribution in [1.29, 1.82) is 0 Å². The van der Waals surface area contributed by atoms with E-state index in [1.807, 2.05) is 13.8 Å². The molecule has 8 atom stereocenters. The molecule has 0 aromatic rings. The minimum Gasteiger partial charge on any atom is -0.466 e. The highest BCUT2D eigenvalue weighted by Gasteiger charge is 2.81. The minimum absolute atomic E-state index is 0.0129. The lowest BCUT2D eigenvalue weighted by atomic mass is 9.50. The van der Waals surface area contributed by atoms with Gasteiger partial charge in [-0.2, -0.15) is 0 Å². The van der Waals surface area contributed by atoms with Gasteiger partial charge in [-0.05, 0) is 37.0 Å². The number of carbonyl (C=O) groups excluding carboxylic acids is 3. The van der Waals surface area contributed by atoms with Crippen LogP contribution >= 0.6 is 0 Å². The Morgan fingerprint density at radius 1 is 1.23 bits per heavy atom. The second kappa shape index (κ2) is 7.04. The largest absolute Gasteiger partial charge is 0.466 e. The van der Waals surface area contributed by atoms with E-state index in [9.17, 15) is 24.6 Å². The van der Waals surface area contributed by atoms with Crippen LogP contribution in [0, 0.1) is 34.0 Å². The summed E-state index contributed by atoms with van der Waals surface area (Å²) in [4.78, 5) is 37.4. The third-order valence-electron chi connectivity index (χ3n) is 8.63. The number of carbonyl (C=O) groups is 3. The summed E-state index contributed by atoms with van der Waals surface area (Å²) >= 11 is 0. The van der Waals surface area contributed by atoms with E-state index in [1.54, 1.807) is 0 Å². The molecule has 1 aliphatic heterocycles. The number of hydrogen-bond acceptors (Lipinski definition) is 8. The van der Waals surface area contributed by atoms with Gasteiger partial charge in [-0.15, -0.1) is 0 Å². The molecule has 1 heterocycles. The van der Waals surface area contributed by atoms with Crippen LogP contribution in [0.5, 0.6) is 0 Å². The van der Waals surface area contributed by atoms with Crippen LogP contribution < -0.4 is 0 Å². The average molecular weight is 437 g/mol. The summed E-state index contributed by atoms with van der Waals surface area (Å²) < 4.78 is 16.2. The fourth-order valence-corrected chi connectivity index (χ4v) is 7.66. The van der Waals surface area contributed by atoms with Gasteiger partial charge >= 0.3 is 17.9 Å². The van der Waals surface area contributed by atoms with E-state index in [0.717, 1.165) is 0 Å². The lowest BCUT2D eigenvalue weighted by Crippen LogP contribution is -2.64. The summed E-state index contributed by atoms with van der Waals surface area (Å²) in [5.74, 6) is -3.21. The maximum Gasteiger partial charge on any atom is 0.333 e. The Balaban J connectivity index is 1.87. The SMILES string of the molecule is C=C(C(=O)OC)[C@@H]1C[C@H](O)[C@@H]2[C@]3(C1)C(=O)OC[C@]21[C@@H](OC(C)=O)CCC(C)(C)[C@H]1[C@@H]3O. The molecule has 8 nitrogen and oxygen atoms in total. The summed E-state index contributed by atoms with van der Waals surface area (Å²) in [5.41, 5.74) is -2.50. The Kier molecular flexibility index (Phi) is 5.05. The zero-order chi connectivity index (χ0) is 22.9. The van der Waals surface area contributed by atoms with E-state index >= 15 is 0 Å². The fraction of sp³-hybridized carbons (Fsp3) is 0.783. The van der Waals surface area contributed by atoms with E-state index < -0.39 is 64.8 Å². The molecule has 1 spiro atoms. The Morgan fingerprint density at radius 3 is 2.52 bits per heavy atom. The predicted octanol–water partition coefficient (Wildman–Crippen LogP) is 1.37. The van der Waals surface area contributed by atoms with Gasteiger partial charge in [-0.1, -0.05) is 20.4 Å². The summed E-state index contributed by atoms with van der Waals surface area (Å²) in [6.07, 6.45) is -1.09. The Hall–Kier alpha value is -1.93. The van der Waals surface area contributed by atoms with Crippen LogP contribution in [-0.4, -0.2) is 60.1 Å². The monoisotopic (exact) mass is 436 g/mol. The third-order valence-corrected chi connectivity index (χ3v) is 8.63. The molecule has 8 heteroatoms. The first-order valence-corrected chi connectivity index (χ1v) is 10.9. The average Bonchev–Trinajstić information content (AvgIpc) is 2.90. The van der Waals surface area contributed by atoms with Crippen molar-refractivity contribution in [2.75, 3.05) is 13.7 Å². The van der Waals surface area contributed by atoms with Crippen molar-refractivity contribution in [2.24, 2.45) is 34.0 Å². The first kappa shape index (κ1) is 22.3. The molecule has 0 aromatic heterocycles. The zero-order valence-electron chi connectivity index (χ0n) is 18.6. The summed E-state index contributed by atoms with van der Waals surface area (Å²) in [7, 11) is 1.25. The van der Waals surface area contributed by atoms with Crippen LogP contribution in [0.3, 0.4) is 0 Å². The summed E-state index contributed by atoms with van der Waals surface area (Å²) in [5, 5.41) is 23.1. The molecule has 2 bridgehead atoms. The number of methoxy groups -OCH3 is 1. The standard InChI is InChI=1S/C23H32O8/c1-11(19(27)29-5)13-8-14(25)16-22(9-13)18(26)17-21(3,4)7-6-15(31-12(2)24)23(16,17)10-30-20(22)28/h13-18,25-26H,1,6-10H2,2-5H3/t13-,14+,15+,16-,17-,18+,22+,23+/m1/s1. The molecule has 0 radical (unpaired) electrons.